The number of alkyl halides is 5. The number of rotatable bonds is 6. The molecule has 3 rings (SSSR count). The van der Waals surface area contributed by atoms with E-state index in [1.165, 1.54) is 11.0 Å². The Morgan fingerprint density at radius 3 is 2.52 bits per heavy atom. The number of hydrogen-bond donors (Lipinski definition) is 1. The number of amides is 1. The van der Waals surface area contributed by atoms with Crippen LogP contribution in [0.3, 0.4) is 0 Å². The van der Waals surface area contributed by atoms with Crippen LogP contribution in [0.1, 0.15) is 66.6 Å². The van der Waals surface area contributed by atoms with Crippen LogP contribution >= 0.6 is 0 Å². The third-order valence-electron chi connectivity index (χ3n) is 5.94. The molecule has 0 saturated carbocycles. The minimum absolute atomic E-state index is 0.0290. The highest BCUT2D eigenvalue weighted by atomic mass is 19.4. The van der Waals surface area contributed by atoms with Crippen LogP contribution in [0.5, 0.6) is 0 Å². The smallest absolute Gasteiger partial charge is 0.371 e. The monoisotopic (exact) mass is 468 g/mol. The van der Waals surface area contributed by atoms with Gasteiger partial charge in [-0.3, -0.25) is 4.79 Å². The summed E-state index contributed by atoms with van der Waals surface area (Å²) >= 11 is 0. The van der Waals surface area contributed by atoms with Crippen LogP contribution in [0.4, 0.5) is 33.3 Å². The maximum Gasteiger partial charge on any atom is 0.416 e. The van der Waals surface area contributed by atoms with Gasteiger partial charge in [-0.1, -0.05) is 32.4 Å². The molecule has 0 aliphatic carbocycles. The van der Waals surface area contributed by atoms with Crippen molar-refractivity contribution in [2.75, 3.05) is 23.3 Å². The minimum atomic E-state index is -4.61. The molecule has 0 bridgehead atoms. The second kappa shape index (κ2) is 10.1. The molecule has 1 heterocycles. The summed E-state index contributed by atoms with van der Waals surface area (Å²) in [4.78, 5) is 14.7. The summed E-state index contributed by atoms with van der Waals surface area (Å²) in [6.07, 6.45) is -3.89. The molecule has 3 nitrogen and oxygen atoms in total. The van der Waals surface area contributed by atoms with Crippen molar-refractivity contribution in [2.45, 2.75) is 64.5 Å². The Hall–Kier alpha value is -2.64. The number of hydrogen-bond acceptors (Lipinski definition) is 2. The van der Waals surface area contributed by atoms with Gasteiger partial charge >= 0.3 is 6.18 Å². The van der Waals surface area contributed by atoms with E-state index < -0.39 is 30.0 Å². The van der Waals surface area contributed by atoms with Gasteiger partial charge in [0.1, 0.15) is 0 Å². The zero-order chi connectivity index (χ0) is 24.2. The number of benzene rings is 2. The Morgan fingerprint density at radius 2 is 1.85 bits per heavy atom. The van der Waals surface area contributed by atoms with Crippen molar-refractivity contribution in [1.82, 2.24) is 0 Å². The van der Waals surface area contributed by atoms with Crippen molar-refractivity contribution < 1.29 is 26.7 Å². The molecule has 1 aliphatic heterocycles. The van der Waals surface area contributed by atoms with E-state index in [1.807, 2.05) is 13.0 Å². The van der Waals surface area contributed by atoms with Gasteiger partial charge in [-0.15, -0.1) is 0 Å². The highest BCUT2D eigenvalue weighted by Crippen LogP contribution is 2.39. The molecule has 1 fully saturated rings. The van der Waals surface area contributed by atoms with Crippen molar-refractivity contribution in [2.24, 2.45) is 0 Å². The first kappa shape index (κ1) is 25.0. The molecule has 0 spiro atoms. The van der Waals surface area contributed by atoms with Crippen molar-refractivity contribution >= 4 is 17.3 Å². The highest BCUT2D eigenvalue weighted by molar-refractivity contribution is 6.08. The molecular weight excluding hydrogens is 439 g/mol. The lowest BCUT2D eigenvalue weighted by molar-refractivity contribution is -0.138. The van der Waals surface area contributed by atoms with Crippen LogP contribution in [-0.4, -0.2) is 24.9 Å². The Labute approximate surface area is 191 Å². The largest absolute Gasteiger partial charge is 0.416 e. The van der Waals surface area contributed by atoms with Gasteiger partial charge in [-0.05, 0) is 54.7 Å². The second-order valence-electron chi connectivity index (χ2n) is 8.48. The molecule has 1 aliphatic rings. The quantitative estimate of drug-likeness (QED) is 0.459. The fourth-order valence-electron chi connectivity index (χ4n) is 4.19. The second-order valence-corrected chi connectivity index (χ2v) is 8.48. The summed E-state index contributed by atoms with van der Waals surface area (Å²) in [6, 6.07) is 9.47. The van der Waals surface area contributed by atoms with E-state index in [9.17, 15) is 26.7 Å². The first-order valence-electron chi connectivity index (χ1n) is 11.3. The van der Waals surface area contributed by atoms with Gasteiger partial charge in [0.2, 0.25) is 5.92 Å². The molecule has 1 N–H and O–H groups in total. The van der Waals surface area contributed by atoms with E-state index >= 15 is 0 Å². The molecule has 8 heteroatoms. The van der Waals surface area contributed by atoms with Crippen LogP contribution in [0.2, 0.25) is 0 Å². The average molecular weight is 469 g/mol. The number of halogens is 5. The first-order chi connectivity index (χ1) is 15.5. The Balaban J connectivity index is 2.07. The molecule has 2 aromatic rings. The molecule has 1 saturated heterocycles. The lowest BCUT2D eigenvalue weighted by Gasteiger charge is -2.27. The molecule has 33 heavy (non-hydrogen) atoms. The number of aryl methyl sites for hydroxylation is 2. The maximum absolute atomic E-state index is 13.9. The van der Waals surface area contributed by atoms with Gasteiger partial charge in [-0.25, -0.2) is 8.78 Å². The van der Waals surface area contributed by atoms with Gasteiger partial charge in [0.05, 0.1) is 16.8 Å². The van der Waals surface area contributed by atoms with Crippen molar-refractivity contribution in [3.8, 4) is 0 Å². The van der Waals surface area contributed by atoms with Crippen molar-refractivity contribution in [1.29, 1.82) is 0 Å². The van der Waals surface area contributed by atoms with Gasteiger partial charge < -0.3 is 10.2 Å². The Bertz CT molecular complexity index is 987. The first-order valence-corrected chi connectivity index (χ1v) is 11.3. The number of nitrogens with zero attached hydrogens (tertiary/aromatic N) is 1. The van der Waals surface area contributed by atoms with Gasteiger partial charge in [-0.2, -0.15) is 13.2 Å². The topological polar surface area (TPSA) is 32.3 Å². The maximum atomic E-state index is 13.9. The molecule has 0 atom stereocenters. The van der Waals surface area contributed by atoms with Gasteiger partial charge in [0, 0.05) is 31.6 Å². The third kappa shape index (κ3) is 6.24. The Morgan fingerprint density at radius 1 is 1.09 bits per heavy atom. The molecular formula is C25H29F5N2O. The van der Waals surface area contributed by atoms with Crippen LogP contribution in [0.25, 0.3) is 0 Å². The SMILES string of the molecule is CCCc1cc(C(=O)Nc2cccc(CC)c2)c(N2CCCC(F)(F)CC2)cc1C(F)(F)F. The predicted octanol–water partition coefficient (Wildman–Crippen LogP) is 7.10. The van der Waals surface area contributed by atoms with Gasteiger partial charge in [0.25, 0.3) is 5.91 Å². The summed E-state index contributed by atoms with van der Waals surface area (Å²) in [6.45, 7) is 3.77. The summed E-state index contributed by atoms with van der Waals surface area (Å²) in [5.41, 5.74) is 0.857. The molecule has 0 radical (unpaired) electrons. The van der Waals surface area contributed by atoms with E-state index in [2.05, 4.69) is 5.32 Å². The highest BCUT2D eigenvalue weighted by Gasteiger charge is 2.37. The zero-order valence-electron chi connectivity index (χ0n) is 18.9. The molecule has 2 aromatic carbocycles. The average Bonchev–Trinajstić information content (AvgIpc) is 2.93. The number of carbonyl (C=O) groups excluding carboxylic acids is 1. The van der Waals surface area contributed by atoms with E-state index in [0.29, 0.717) is 12.1 Å². The summed E-state index contributed by atoms with van der Waals surface area (Å²) in [7, 11) is 0. The predicted molar refractivity (Wildman–Crippen MR) is 120 cm³/mol. The Kier molecular flexibility index (Phi) is 7.65. The normalized spacial score (nSPS) is 16.4. The molecule has 1 amide bonds. The van der Waals surface area contributed by atoms with Crippen LogP contribution < -0.4 is 10.2 Å². The van der Waals surface area contributed by atoms with E-state index in [0.717, 1.165) is 18.1 Å². The van der Waals surface area contributed by atoms with Crippen molar-refractivity contribution in [3.05, 3.63) is 58.7 Å². The van der Waals surface area contributed by atoms with Crippen LogP contribution in [-0.2, 0) is 19.0 Å². The van der Waals surface area contributed by atoms with E-state index in [1.54, 1.807) is 25.1 Å². The van der Waals surface area contributed by atoms with Crippen molar-refractivity contribution in [3.63, 3.8) is 0 Å². The lowest BCUT2D eigenvalue weighted by Crippen LogP contribution is -2.29. The number of nitrogens with one attached hydrogen (secondary N) is 1. The zero-order valence-corrected chi connectivity index (χ0v) is 18.9. The van der Waals surface area contributed by atoms with Crippen LogP contribution in [0.15, 0.2) is 36.4 Å². The molecule has 0 aromatic heterocycles. The van der Waals surface area contributed by atoms with E-state index in [-0.39, 0.29) is 49.2 Å². The number of anilines is 2. The van der Waals surface area contributed by atoms with Gasteiger partial charge in [0.15, 0.2) is 0 Å². The standard InChI is InChI=1S/C25H29F5N2O/c1-3-7-18-15-20(23(33)31-19-9-5-8-17(4-2)14-19)22(16-21(18)25(28,29)30)32-12-6-10-24(26,27)11-13-32/h5,8-9,14-16H,3-4,6-7,10-13H2,1-2H3,(H,31,33). The lowest BCUT2D eigenvalue weighted by atomic mass is 9.96. The fraction of sp³-hybridized carbons (Fsp3) is 0.480. The minimum Gasteiger partial charge on any atom is -0.371 e. The summed E-state index contributed by atoms with van der Waals surface area (Å²) in [5.74, 6) is -3.42. The fourth-order valence-corrected chi connectivity index (χ4v) is 4.19. The summed E-state index contributed by atoms with van der Waals surface area (Å²) < 4.78 is 69.4. The number of carbonyl (C=O) groups is 1. The molecule has 180 valence electrons. The van der Waals surface area contributed by atoms with Crippen LogP contribution in [0, 0.1) is 0 Å². The molecule has 0 unspecified atom stereocenters. The van der Waals surface area contributed by atoms with E-state index in [4.69, 9.17) is 0 Å². The third-order valence-corrected chi connectivity index (χ3v) is 5.94. The summed E-state index contributed by atoms with van der Waals surface area (Å²) in [5, 5.41) is 2.78.